The molecule has 0 atom stereocenters. The molecule has 0 aliphatic heterocycles. The average molecular weight is 371 g/mol. The van der Waals surface area contributed by atoms with Crippen LogP contribution in [0.25, 0.3) is 0 Å². The van der Waals surface area contributed by atoms with E-state index in [1.54, 1.807) is 6.92 Å². The van der Waals surface area contributed by atoms with E-state index in [2.05, 4.69) is 4.72 Å². The molecule has 0 unspecified atom stereocenters. The molecule has 0 aromatic heterocycles. The summed E-state index contributed by atoms with van der Waals surface area (Å²) < 4.78 is 41.0. The normalized spacial score (nSPS) is 11.2. The summed E-state index contributed by atoms with van der Waals surface area (Å²) in [7, 11) is -2.49. The van der Waals surface area contributed by atoms with Gasteiger partial charge in [0.1, 0.15) is 5.82 Å². The number of halogens is 2. The Balaban J connectivity index is 2.47. The molecule has 1 amide bonds. The number of nitrogens with one attached hydrogen (secondary N) is 1. The molecule has 2 aromatic rings. The summed E-state index contributed by atoms with van der Waals surface area (Å²) in [5.74, 6) is -0.940. The van der Waals surface area contributed by atoms with E-state index in [0.717, 1.165) is 12.1 Å². The molecule has 0 bridgehead atoms. The zero-order valence-corrected chi connectivity index (χ0v) is 14.9. The van der Waals surface area contributed by atoms with Gasteiger partial charge < -0.3 is 4.90 Å². The Labute approximate surface area is 145 Å². The molecule has 0 saturated carbocycles. The molecule has 2 rings (SSSR count). The van der Waals surface area contributed by atoms with Crippen molar-refractivity contribution < 1.29 is 17.6 Å². The Morgan fingerprint density at radius 2 is 1.88 bits per heavy atom. The van der Waals surface area contributed by atoms with Crippen LogP contribution >= 0.6 is 11.6 Å². The van der Waals surface area contributed by atoms with Crippen molar-refractivity contribution in [3.05, 3.63) is 52.8 Å². The lowest BCUT2D eigenvalue weighted by atomic mass is 10.2. The molecule has 5 nitrogen and oxygen atoms in total. The highest BCUT2D eigenvalue weighted by molar-refractivity contribution is 7.92. The van der Waals surface area contributed by atoms with Gasteiger partial charge in [-0.15, -0.1) is 0 Å². The number of hydrogen-bond donors (Lipinski definition) is 1. The second-order valence-electron chi connectivity index (χ2n) is 5.26. The number of aryl methyl sites for hydroxylation is 1. The number of sulfonamides is 1. The number of hydrogen-bond acceptors (Lipinski definition) is 3. The third kappa shape index (κ3) is 3.85. The van der Waals surface area contributed by atoms with Gasteiger partial charge in [0.2, 0.25) is 5.91 Å². The topological polar surface area (TPSA) is 66.5 Å². The fraction of sp³-hybridized carbons (Fsp3) is 0.188. The van der Waals surface area contributed by atoms with Crippen molar-refractivity contribution in [2.24, 2.45) is 0 Å². The van der Waals surface area contributed by atoms with E-state index in [1.165, 1.54) is 43.1 Å². The van der Waals surface area contributed by atoms with E-state index >= 15 is 0 Å². The number of anilines is 2. The van der Waals surface area contributed by atoms with Gasteiger partial charge in [-0.3, -0.25) is 9.52 Å². The van der Waals surface area contributed by atoms with Crippen LogP contribution in [-0.4, -0.2) is 21.4 Å². The highest BCUT2D eigenvalue weighted by Gasteiger charge is 2.19. The SMILES string of the molecule is CC(=O)N(C)c1ccc(F)cc1NS(=O)(=O)c1ccc(Cl)c(C)c1. The van der Waals surface area contributed by atoms with E-state index in [9.17, 15) is 17.6 Å². The van der Waals surface area contributed by atoms with Gasteiger partial charge in [0.25, 0.3) is 10.0 Å². The number of rotatable bonds is 4. The van der Waals surface area contributed by atoms with Gasteiger partial charge in [-0.25, -0.2) is 12.8 Å². The maximum Gasteiger partial charge on any atom is 0.261 e. The van der Waals surface area contributed by atoms with Crippen LogP contribution in [0.1, 0.15) is 12.5 Å². The first-order valence-electron chi connectivity index (χ1n) is 6.94. The minimum atomic E-state index is -3.96. The van der Waals surface area contributed by atoms with Crippen molar-refractivity contribution >= 4 is 38.9 Å². The molecule has 0 heterocycles. The lowest BCUT2D eigenvalue weighted by Crippen LogP contribution is -2.25. The molecular formula is C16H16ClFN2O3S. The quantitative estimate of drug-likeness (QED) is 0.894. The van der Waals surface area contributed by atoms with Crippen LogP contribution in [0.5, 0.6) is 0 Å². The number of carbonyl (C=O) groups is 1. The molecule has 2 aromatic carbocycles. The Bertz CT molecular complexity index is 900. The molecule has 128 valence electrons. The highest BCUT2D eigenvalue weighted by atomic mass is 35.5. The molecule has 0 aliphatic rings. The summed E-state index contributed by atoms with van der Waals surface area (Å²) in [6.07, 6.45) is 0. The van der Waals surface area contributed by atoms with Crippen LogP contribution in [0.2, 0.25) is 5.02 Å². The van der Waals surface area contributed by atoms with Gasteiger partial charge in [-0.1, -0.05) is 11.6 Å². The second-order valence-corrected chi connectivity index (χ2v) is 7.35. The van der Waals surface area contributed by atoms with E-state index in [-0.39, 0.29) is 22.2 Å². The Morgan fingerprint density at radius 1 is 1.21 bits per heavy atom. The largest absolute Gasteiger partial charge is 0.314 e. The minimum Gasteiger partial charge on any atom is -0.314 e. The Kier molecular flexibility index (Phi) is 5.15. The lowest BCUT2D eigenvalue weighted by Gasteiger charge is -2.20. The molecule has 1 N–H and O–H groups in total. The van der Waals surface area contributed by atoms with Crippen LogP contribution in [0, 0.1) is 12.7 Å². The van der Waals surface area contributed by atoms with Crippen LogP contribution in [-0.2, 0) is 14.8 Å². The smallest absolute Gasteiger partial charge is 0.261 e. The Hall–Kier alpha value is -2.12. The maximum absolute atomic E-state index is 13.6. The standard InChI is InChI=1S/C16H16ClFN2O3S/c1-10-8-13(5-6-14(10)17)24(22,23)19-15-9-12(18)4-7-16(15)20(3)11(2)21/h4-9,19H,1-3H3. The van der Waals surface area contributed by atoms with Crippen molar-refractivity contribution in [3.63, 3.8) is 0 Å². The van der Waals surface area contributed by atoms with Crippen molar-refractivity contribution in [1.29, 1.82) is 0 Å². The van der Waals surface area contributed by atoms with Gasteiger partial charge in [0.05, 0.1) is 16.3 Å². The summed E-state index contributed by atoms with van der Waals surface area (Å²) in [4.78, 5) is 12.8. The first-order valence-corrected chi connectivity index (χ1v) is 8.81. The fourth-order valence-electron chi connectivity index (χ4n) is 2.04. The number of benzene rings is 2. The number of nitrogens with zero attached hydrogens (tertiary/aromatic N) is 1. The van der Waals surface area contributed by atoms with Crippen LogP contribution in [0.3, 0.4) is 0 Å². The van der Waals surface area contributed by atoms with E-state index in [0.29, 0.717) is 10.6 Å². The minimum absolute atomic E-state index is 0.00918. The summed E-state index contributed by atoms with van der Waals surface area (Å²) in [5.41, 5.74) is 0.818. The zero-order chi connectivity index (χ0) is 18.1. The predicted molar refractivity (Wildman–Crippen MR) is 92.5 cm³/mol. The third-order valence-corrected chi connectivity index (χ3v) is 5.26. The molecule has 0 saturated heterocycles. The number of amides is 1. The molecule has 0 radical (unpaired) electrons. The number of carbonyl (C=O) groups excluding carboxylic acids is 1. The average Bonchev–Trinajstić information content (AvgIpc) is 2.49. The van der Waals surface area contributed by atoms with Gasteiger partial charge in [-0.05, 0) is 42.8 Å². The second kappa shape index (κ2) is 6.78. The Morgan fingerprint density at radius 3 is 2.46 bits per heavy atom. The molecule has 24 heavy (non-hydrogen) atoms. The van der Waals surface area contributed by atoms with Crippen molar-refractivity contribution in [2.75, 3.05) is 16.7 Å². The first kappa shape index (κ1) is 18.2. The van der Waals surface area contributed by atoms with Crippen LogP contribution in [0.15, 0.2) is 41.3 Å². The van der Waals surface area contributed by atoms with Gasteiger partial charge >= 0.3 is 0 Å². The van der Waals surface area contributed by atoms with E-state index in [1.807, 2.05) is 0 Å². The fourth-order valence-corrected chi connectivity index (χ4v) is 3.31. The van der Waals surface area contributed by atoms with Crippen molar-refractivity contribution in [1.82, 2.24) is 0 Å². The van der Waals surface area contributed by atoms with Crippen molar-refractivity contribution in [3.8, 4) is 0 Å². The van der Waals surface area contributed by atoms with Gasteiger partial charge in [0, 0.05) is 25.1 Å². The lowest BCUT2D eigenvalue weighted by molar-refractivity contribution is -0.116. The summed E-state index contributed by atoms with van der Waals surface area (Å²) >= 11 is 5.90. The molecule has 0 spiro atoms. The van der Waals surface area contributed by atoms with E-state index in [4.69, 9.17) is 11.6 Å². The van der Waals surface area contributed by atoms with Crippen molar-refractivity contribution in [2.45, 2.75) is 18.7 Å². The summed E-state index contributed by atoms with van der Waals surface area (Å²) in [6.45, 7) is 3.00. The monoisotopic (exact) mass is 370 g/mol. The van der Waals surface area contributed by atoms with Crippen LogP contribution in [0.4, 0.5) is 15.8 Å². The predicted octanol–water partition coefficient (Wildman–Crippen LogP) is 3.57. The molecular weight excluding hydrogens is 355 g/mol. The first-order chi connectivity index (χ1) is 11.1. The summed E-state index contributed by atoms with van der Waals surface area (Å²) in [6, 6.07) is 7.75. The zero-order valence-electron chi connectivity index (χ0n) is 13.3. The molecule has 0 aliphatic carbocycles. The van der Waals surface area contributed by atoms with Crippen LogP contribution < -0.4 is 9.62 Å². The molecule has 0 fully saturated rings. The highest BCUT2D eigenvalue weighted by Crippen LogP contribution is 2.29. The third-order valence-electron chi connectivity index (χ3n) is 3.48. The van der Waals surface area contributed by atoms with Gasteiger partial charge in [-0.2, -0.15) is 0 Å². The summed E-state index contributed by atoms with van der Waals surface area (Å²) in [5, 5.41) is 0.441. The molecule has 8 heteroatoms. The van der Waals surface area contributed by atoms with E-state index < -0.39 is 15.8 Å². The van der Waals surface area contributed by atoms with Gasteiger partial charge in [0.15, 0.2) is 0 Å². The maximum atomic E-state index is 13.6.